The lowest BCUT2D eigenvalue weighted by Gasteiger charge is -2.07. The molecule has 0 heterocycles. The van der Waals surface area contributed by atoms with Crippen LogP contribution in [0.15, 0.2) is 30.3 Å². The van der Waals surface area contributed by atoms with Gasteiger partial charge >= 0.3 is 5.97 Å². The highest BCUT2D eigenvalue weighted by Gasteiger charge is 2.08. The van der Waals surface area contributed by atoms with Gasteiger partial charge in [0, 0.05) is 6.04 Å². The summed E-state index contributed by atoms with van der Waals surface area (Å²) < 4.78 is 0. The topological polar surface area (TPSA) is 63.3 Å². The van der Waals surface area contributed by atoms with Crippen molar-refractivity contribution in [3.63, 3.8) is 0 Å². The number of carboxylic acid groups (broad SMARTS) is 1. The van der Waals surface area contributed by atoms with E-state index in [9.17, 15) is 4.79 Å². The van der Waals surface area contributed by atoms with Crippen LogP contribution in [-0.4, -0.2) is 11.1 Å². The summed E-state index contributed by atoms with van der Waals surface area (Å²) in [6, 6.07) is 8.82. The van der Waals surface area contributed by atoms with Crippen LogP contribution in [0.4, 0.5) is 0 Å². The first kappa shape index (κ1) is 11.9. The SMILES string of the molecule is Cl.N[C@H](CC(=O)O)c1ccccc1. The molecular formula is C9H12ClNO2. The van der Waals surface area contributed by atoms with Crippen molar-refractivity contribution in [2.75, 3.05) is 0 Å². The summed E-state index contributed by atoms with van der Waals surface area (Å²) in [5, 5.41) is 8.47. The lowest BCUT2D eigenvalue weighted by molar-refractivity contribution is -0.137. The van der Waals surface area contributed by atoms with E-state index in [2.05, 4.69) is 0 Å². The van der Waals surface area contributed by atoms with Gasteiger partial charge in [-0.05, 0) is 5.56 Å². The number of benzene rings is 1. The normalized spacial score (nSPS) is 11.5. The van der Waals surface area contributed by atoms with Crippen LogP contribution in [-0.2, 0) is 4.79 Å². The van der Waals surface area contributed by atoms with E-state index in [1.807, 2.05) is 30.3 Å². The Morgan fingerprint density at radius 1 is 1.38 bits per heavy atom. The first-order valence-electron chi connectivity index (χ1n) is 3.72. The number of nitrogens with two attached hydrogens (primary N) is 1. The fourth-order valence-electron chi connectivity index (χ4n) is 1.01. The fourth-order valence-corrected chi connectivity index (χ4v) is 1.01. The molecule has 0 aliphatic rings. The lowest BCUT2D eigenvalue weighted by atomic mass is 10.1. The Morgan fingerprint density at radius 2 is 1.92 bits per heavy atom. The zero-order chi connectivity index (χ0) is 8.97. The standard InChI is InChI=1S/C9H11NO2.ClH/c10-8(6-9(11)12)7-4-2-1-3-5-7;/h1-5,8H,6,10H2,(H,11,12);1H/t8-;/m1./s1. The Labute approximate surface area is 83.0 Å². The Morgan fingerprint density at radius 3 is 2.38 bits per heavy atom. The number of carbonyl (C=O) groups is 1. The maximum Gasteiger partial charge on any atom is 0.305 e. The van der Waals surface area contributed by atoms with E-state index < -0.39 is 12.0 Å². The molecule has 0 spiro atoms. The van der Waals surface area contributed by atoms with Gasteiger partial charge in [-0.2, -0.15) is 0 Å². The summed E-state index contributed by atoms with van der Waals surface area (Å²) >= 11 is 0. The average Bonchev–Trinajstić information content (AvgIpc) is 2.05. The van der Waals surface area contributed by atoms with Crippen LogP contribution < -0.4 is 5.73 Å². The first-order valence-corrected chi connectivity index (χ1v) is 3.72. The molecule has 0 saturated carbocycles. The zero-order valence-electron chi connectivity index (χ0n) is 7.01. The molecule has 72 valence electrons. The second-order valence-corrected chi connectivity index (χ2v) is 2.62. The molecule has 1 aromatic carbocycles. The summed E-state index contributed by atoms with van der Waals surface area (Å²) in [6.45, 7) is 0. The van der Waals surface area contributed by atoms with Crippen LogP contribution in [0.3, 0.4) is 0 Å². The summed E-state index contributed by atoms with van der Waals surface area (Å²) in [7, 11) is 0. The molecule has 0 amide bonds. The number of rotatable bonds is 3. The third-order valence-electron chi connectivity index (χ3n) is 1.62. The van der Waals surface area contributed by atoms with Gasteiger partial charge in [0.05, 0.1) is 6.42 Å². The monoisotopic (exact) mass is 201 g/mol. The molecule has 1 aromatic rings. The number of hydrogen-bond donors (Lipinski definition) is 2. The smallest absolute Gasteiger partial charge is 0.305 e. The van der Waals surface area contributed by atoms with Gasteiger partial charge in [-0.3, -0.25) is 4.79 Å². The summed E-state index contributed by atoms with van der Waals surface area (Å²) in [5.74, 6) is -0.869. The molecule has 3 N–H and O–H groups in total. The van der Waals surface area contributed by atoms with Crippen molar-refractivity contribution in [1.29, 1.82) is 0 Å². The molecule has 1 atom stereocenters. The van der Waals surface area contributed by atoms with Crippen LogP contribution in [0.25, 0.3) is 0 Å². The van der Waals surface area contributed by atoms with E-state index in [1.54, 1.807) is 0 Å². The van der Waals surface area contributed by atoms with E-state index in [0.29, 0.717) is 0 Å². The van der Waals surface area contributed by atoms with Crippen LogP contribution in [0.5, 0.6) is 0 Å². The summed E-state index contributed by atoms with van der Waals surface area (Å²) in [4.78, 5) is 10.3. The highest BCUT2D eigenvalue weighted by Crippen LogP contribution is 2.12. The third-order valence-corrected chi connectivity index (χ3v) is 1.62. The molecule has 3 nitrogen and oxygen atoms in total. The van der Waals surface area contributed by atoms with Crippen LogP contribution in [0, 0.1) is 0 Å². The molecule has 0 aromatic heterocycles. The van der Waals surface area contributed by atoms with Crippen molar-refractivity contribution in [3.05, 3.63) is 35.9 Å². The number of aliphatic carboxylic acids is 1. The largest absolute Gasteiger partial charge is 0.481 e. The number of hydrogen-bond acceptors (Lipinski definition) is 2. The number of carboxylic acids is 1. The maximum atomic E-state index is 10.3. The molecule has 1 rings (SSSR count). The fraction of sp³-hybridized carbons (Fsp3) is 0.222. The van der Waals surface area contributed by atoms with Gasteiger partial charge in [0.1, 0.15) is 0 Å². The Hall–Kier alpha value is -1.06. The second-order valence-electron chi connectivity index (χ2n) is 2.62. The van der Waals surface area contributed by atoms with E-state index in [1.165, 1.54) is 0 Å². The molecule has 0 saturated heterocycles. The van der Waals surface area contributed by atoms with Gasteiger partial charge in [-0.25, -0.2) is 0 Å². The van der Waals surface area contributed by atoms with E-state index in [0.717, 1.165) is 5.56 Å². The Kier molecular flexibility index (Phi) is 5.11. The van der Waals surface area contributed by atoms with Crippen molar-refractivity contribution >= 4 is 18.4 Å². The number of halogens is 1. The summed E-state index contributed by atoms with van der Waals surface area (Å²) in [5.41, 5.74) is 6.48. The third kappa shape index (κ3) is 3.92. The van der Waals surface area contributed by atoms with Crippen molar-refractivity contribution in [3.8, 4) is 0 Å². The molecule has 0 unspecified atom stereocenters. The Bertz CT molecular complexity index is 264. The average molecular weight is 202 g/mol. The summed E-state index contributed by atoms with van der Waals surface area (Å²) in [6.07, 6.45) is -0.0238. The van der Waals surface area contributed by atoms with Crippen molar-refractivity contribution in [1.82, 2.24) is 0 Å². The predicted molar refractivity (Wildman–Crippen MR) is 52.9 cm³/mol. The molecular weight excluding hydrogens is 190 g/mol. The predicted octanol–water partition coefficient (Wildman–Crippen LogP) is 1.58. The van der Waals surface area contributed by atoms with Gasteiger partial charge in [-0.15, -0.1) is 12.4 Å². The Balaban J connectivity index is 0.00000144. The van der Waals surface area contributed by atoms with Crippen molar-refractivity contribution < 1.29 is 9.90 Å². The van der Waals surface area contributed by atoms with E-state index >= 15 is 0 Å². The second kappa shape index (κ2) is 5.56. The molecule has 4 heteroatoms. The van der Waals surface area contributed by atoms with Crippen LogP contribution >= 0.6 is 12.4 Å². The lowest BCUT2D eigenvalue weighted by Crippen LogP contribution is -2.14. The van der Waals surface area contributed by atoms with Crippen molar-refractivity contribution in [2.45, 2.75) is 12.5 Å². The van der Waals surface area contributed by atoms with Gasteiger partial charge < -0.3 is 10.8 Å². The molecule has 0 aliphatic heterocycles. The van der Waals surface area contributed by atoms with Crippen molar-refractivity contribution in [2.24, 2.45) is 5.73 Å². The molecule has 0 aliphatic carbocycles. The van der Waals surface area contributed by atoms with Gasteiger partial charge in [0.25, 0.3) is 0 Å². The van der Waals surface area contributed by atoms with Crippen LogP contribution in [0.1, 0.15) is 18.0 Å². The minimum Gasteiger partial charge on any atom is -0.481 e. The highest BCUT2D eigenvalue weighted by molar-refractivity contribution is 5.85. The molecule has 0 bridgehead atoms. The minimum absolute atomic E-state index is 0. The van der Waals surface area contributed by atoms with Gasteiger partial charge in [0.15, 0.2) is 0 Å². The first-order chi connectivity index (χ1) is 5.70. The van der Waals surface area contributed by atoms with E-state index in [4.69, 9.17) is 10.8 Å². The molecule has 13 heavy (non-hydrogen) atoms. The maximum absolute atomic E-state index is 10.3. The molecule has 0 radical (unpaired) electrons. The van der Waals surface area contributed by atoms with Gasteiger partial charge in [0.2, 0.25) is 0 Å². The quantitative estimate of drug-likeness (QED) is 0.781. The van der Waals surface area contributed by atoms with Gasteiger partial charge in [-0.1, -0.05) is 30.3 Å². The minimum atomic E-state index is -0.869. The van der Waals surface area contributed by atoms with E-state index in [-0.39, 0.29) is 18.8 Å². The highest BCUT2D eigenvalue weighted by atomic mass is 35.5. The molecule has 0 fully saturated rings. The van der Waals surface area contributed by atoms with Crippen LogP contribution in [0.2, 0.25) is 0 Å². The zero-order valence-corrected chi connectivity index (χ0v) is 7.83.